The number of hydrogen-bond acceptors (Lipinski definition) is 3. The van der Waals surface area contributed by atoms with Crippen molar-refractivity contribution in [3.05, 3.63) is 0 Å². The molecule has 1 fully saturated rings. The van der Waals surface area contributed by atoms with Gasteiger partial charge in [-0.3, -0.25) is 4.90 Å². The maximum absolute atomic E-state index is 10.4. The lowest BCUT2D eigenvalue weighted by molar-refractivity contribution is -0.0526. The molecule has 16 heavy (non-hydrogen) atoms. The van der Waals surface area contributed by atoms with Crippen molar-refractivity contribution in [2.24, 2.45) is 5.41 Å². The van der Waals surface area contributed by atoms with Crippen molar-refractivity contribution in [1.82, 2.24) is 4.90 Å². The summed E-state index contributed by atoms with van der Waals surface area (Å²) in [5.74, 6) is 0. The quantitative estimate of drug-likeness (QED) is 0.799. The number of nitrogens with zero attached hydrogens (tertiary/aromatic N) is 1. The zero-order chi connectivity index (χ0) is 12.2. The second-order valence-corrected chi connectivity index (χ2v) is 5.93. The van der Waals surface area contributed by atoms with Crippen LogP contribution in [0.1, 0.15) is 40.0 Å². The Morgan fingerprint density at radius 3 is 2.19 bits per heavy atom. The van der Waals surface area contributed by atoms with Crippen molar-refractivity contribution in [3.63, 3.8) is 0 Å². The molecule has 0 aliphatic carbocycles. The molecule has 1 aliphatic heterocycles. The van der Waals surface area contributed by atoms with Gasteiger partial charge in [-0.2, -0.15) is 0 Å². The summed E-state index contributed by atoms with van der Waals surface area (Å²) in [6.07, 6.45) is 3.49. The molecule has 0 bridgehead atoms. The Balaban J connectivity index is 2.64. The third-order valence-electron chi connectivity index (χ3n) is 3.45. The van der Waals surface area contributed by atoms with Crippen LogP contribution in [0.15, 0.2) is 0 Å². The van der Waals surface area contributed by atoms with Gasteiger partial charge in [-0.05, 0) is 31.3 Å². The van der Waals surface area contributed by atoms with E-state index in [1.165, 1.54) is 19.3 Å². The van der Waals surface area contributed by atoms with Crippen LogP contribution in [0.3, 0.4) is 0 Å². The molecule has 1 heterocycles. The Labute approximate surface area is 99.8 Å². The van der Waals surface area contributed by atoms with Gasteiger partial charge in [0.2, 0.25) is 0 Å². The molecule has 1 saturated heterocycles. The largest absolute Gasteiger partial charge is 0.391 e. The SMILES string of the molecule is COC[C@H]([C@@H](O)C(C)(C)C)N1CCCCC1. The number of ether oxygens (including phenoxy) is 1. The van der Waals surface area contributed by atoms with Crippen molar-refractivity contribution < 1.29 is 9.84 Å². The molecule has 0 saturated carbocycles. The van der Waals surface area contributed by atoms with Crippen molar-refractivity contribution in [2.45, 2.75) is 52.2 Å². The van der Waals surface area contributed by atoms with Crippen molar-refractivity contribution in [2.75, 3.05) is 26.8 Å². The third-order valence-corrected chi connectivity index (χ3v) is 3.45. The minimum atomic E-state index is -0.328. The Bertz CT molecular complexity index is 195. The average Bonchev–Trinajstić information content (AvgIpc) is 2.25. The number of rotatable bonds is 4. The van der Waals surface area contributed by atoms with Crippen LogP contribution in [0.2, 0.25) is 0 Å². The normalized spacial score (nSPS) is 23.1. The summed E-state index contributed by atoms with van der Waals surface area (Å²) >= 11 is 0. The first-order chi connectivity index (χ1) is 7.46. The first kappa shape index (κ1) is 13.9. The average molecular weight is 229 g/mol. The minimum absolute atomic E-state index is 0.0827. The fourth-order valence-corrected chi connectivity index (χ4v) is 2.39. The molecule has 0 aromatic rings. The number of aliphatic hydroxyl groups excluding tert-OH is 1. The highest BCUT2D eigenvalue weighted by molar-refractivity contribution is 4.87. The molecule has 96 valence electrons. The first-order valence-corrected chi connectivity index (χ1v) is 6.38. The van der Waals surface area contributed by atoms with Crippen molar-refractivity contribution in [3.8, 4) is 0 Å². The molecule has 0 aromatic heterocycles. The summed E-state index contributed by atoms with van der Waals surface area (Å²) in [5, 5.41) is 10.4. The highest BCUT2D eigenvalue weighted by Crippen LogP contribution is 2.26. The van der Waals surface area contributed by atoms with Crippen LogP contribution in [-0.4, -0.2) is 49.0 Å². The predicted molar refractivity (Wildman–Crippen MR) is 66.5 cm³/mol. The molecule has 0 radical (unpaired) electrons. The number of aliphatic hydroxyl groups is 1. The van der Waals surface area contributed by atoms with E-state index >= 15 is 0 Å². The number of likely N-dealkylation sites (tertiary alicyclic amines) is 1. The fourth-order valence-electron chi connectivity index (χ4n) is 2.39. The summed E-state index contributed by atoms with van der Waals surface area (Å²) in [7, 11) is 1.71. The second kappa shape index (κ2) is 5.99. The van der Waals surface area contributed by atoms with E-state index in [-0.39, 0.29) is 17.6 Å². The van der Waals surface area contributed by atoms with Gasteiger partial charge >= 0.3 is 0 Å². The molecule has 1 rings (SSSR count). The van der Waals surface area contributed by atoms with Gasteiger partial charge in [0.05, 0.1) is 18.8 Å². The van der Waals surface area contributed by atoms with Gasteiger partial charge < -0.3 is 9.84 Å². The van der Waals surface area contributed by atoms with Gasteiger partial charge in [0, 0.05) is 7.11 Å². The van der Waals surface area contributed by atoms with Gasteiger partial charge in [0.1, 0.15) is 0 Å². The van der Waals surface area contributed by atoms with Gasteiger partial charge in [-0.25, -0.2) is 0 Å². The second-order valence-electron chi connectivity index (χ2n) is 5.93. The molecule has 0 amide bonds. The number of piperidine rings is 1. The van der Waals surface area contributed by atoms with Crippen LogP contribution >= 0.6 is 0 Å². The molecule has 0 unspecified atom stereocenters. The summed E-state index contributed by atoms with van der Waals surface area (Å²) in [6, 6.07) is 0.144. The molecule has 1 N–H and O–H groups in total. The third kappa shape index (κ3) is 3.72. The van der Waals surface area contributed by atoms with Gasteiger partial charge in [0.15, 0.2) is 0 Å². The van der Waals surface area contributed by atoms with E-state index in [9.17, 15) is 5.11 Å². The standard InChI is InChI=1S/C13H27NO2/c1-13(2,3)12(15)11(10-16-4)14-8-6-5-7-9-14/h11-12,15H,5-10H2,1-4H3/t11-,12-/m1/s1. The maximum atomic E-state index is 10.4. The van der Waals surface area contributed by atoms with E-state index in [4.69, 9.17) is 4.74 Å². The van der Waals surface area contributed by atoms with Gasteiger partial charge in [-0.1, -0.05) is 27.2 Å². The molecule has 0 aromatic carbocycles. The summed E-state index contributed by atoms with van der Waals surface area (Å²) in [5.41, 5.74) is -0.0827. The number of hydrogen-bond donors (Lipinski definition) is 1. The van der Waals surface area contributed by atoms with Crippen LogP contribution in [0.25, 0.3) is 0 Å². The smallest absolute Gasteiger partial charge is 0.0765 e. The Morgan fingerprint density at radius 2 is 1.75 bits per heavy atom. The summed E-state index contributed by atoms with van der Waals surface area (Å²) in [4.78, 5) is 2.39. The maximum Gasteiger partial charge on any atom is 0.0765 e. The first-order valence-electron chi connectivity index (χ1n) is 6.38. The zero-order valence-electron chi connectivity index (χ0n) is 11.2. The molecule has 2 atom stereocenters. The molecule has 0 spiro atoms. The Hall–Kier alpha value is -0.120. The highest BCUT2D eigenvalue weighted by Gasteiger charge is 2.34. The van der Waals surface area contributed by atoms with E-state index in [0.717, 1.165) is 13.1 Å². The van der Waals surface area contributed by atoms with Gasteiger partial charge in [-0.15, -0.1) is 0 Å². The van der Waals surface area contributed by atoms with Crippen LogP contribution in [0, 0.1) is 5.41 Å². The highest BCUT2D eigenvalue weighted by atomic mass is 16.5. The minimum Gasteiger partial charge on any atom is -0.391 e. The topological polar surface area (TPSA) is 32.7 Å². The lowest BCUT2D eigenvalue weighted by Gasteiger charge is -2.41. The van der Waals surface area contributed by atoms with Crippen LogP contribution in [0.4, 0.5) is 0 Å². The zero-order valence-corrected chi connectivity index (χ0v) is 11.2. The monoisotopic (exact) mass is 229 g/mol. The number of methoxy groups -OCH3 is 1. The van der Waals surface area contributed by atoms with Crippen LogP contribution < -0.4 is 0 Å². The van der Waals surface area contributed by atoms with Gasteiger partial charge in [0.25, 0.3) is 0 Å². The molecular formula is C13H27NO2. The lowest BCUT2D eigenvalue weighted by Crippen LogP contribution is -2.52. The Morgan fingerprint density at radius 1 is 1.19 bits per heavy atom. The van der Waals surface area contributed by atoms with E-state index in [1.807, 2.05) is 0 Å². The molecule has 3 heteroatoms. The Kier molecular flexibility index (Phi) is 5.22. The fraction of sp³-hybridized carbons (Fsp3) is 1.00. The predicted octanol–water partition coefficient (Wildman–Crippen LogP) is 1.89. The summed E-state index contributed by atoms with van der Waals surface area (Å²) < 4.78 is 5.27. The van der Waals surface area contributed by atoms with Crippen molar-refractivity contribution in [1.29, 1.82) is 0 Å². The van der Waals surface area contributed by atoms with Crippen LogP contribution in [0.5, 0.6) is 0 Å². The van der Waals surface area contributed by atoms with E-state index in [1.54, 1.807) is 7.11 Å². The van der Waals surface area contributed by atoms with E-state index in [0.29, 0.717) is 6.61 Å². The molecular weight excluding hydrogens is 202 g/mol. The molecule has 1 aliphatic rings. The van der Waals surface area contributed by atoms with Crippen LogP contribution in [-0.2, 0) is 4.74 Å². The van der Waals surface area contributed by atoms with E-state index in [2.05, 4.69) is 25.7 Å². The summed E-state index contributed by atoms with van der Waals surface area (Å²) in [6.45, 7) is 9.08. The molecule has 3 nitrogen and oxygen atoms in total. The lowest BCUT2D eigenvalue weighted by atomic mass is 9.84. The van der Waals surface area contributed by atoms with Crippen molar-refractivity contribution >= 4 is 0 Å². The van der Waals surface area contributed by atoms with E-state index < -0.39 is 0 Å².